The largest absolute Gasteiger partial charge is 0.325 e. The number of aromatic nitrogens is 1. The Labute approximate surface area is 175 Å². The fourth-order valence-corrected chi connectivity index (χ4v) is 4.72. The molecule has 29 heavy (non-hydrogen) atoms. The van der Waals surface area contributed by atoms with Crippen LogP contribution in [0.5, 0.6) is 0 Å². The summed E-state index contributed by atoms with van der Waals surface area (Å²) < 4.78 is 0. The standard InChI is InChI=1S/C24H23N3OS/c1-16-9-10-21-18(13-16)14-19(15-25)24(27-21)29-12-11-23(28)26-22-8-4-6-17-5-2-3-7-20(17)22/h2-8,14,16H,9-13H2,1H3,(H,26,28). The van der Waals surface area contributed by atoms with E-state index in [1.807, 2.05) is 48.5 Å². The molecular formula is C24H23N3OS. The lowest BCUT2D eigenvalue weighted by atomic mass is 9.87. The van der Waals surface area contributed by atoms with Crippen LogP contribution in [-0.4, -0.2) is 16.6 Å². The number of hydrogen-bond donors (Lipinski definition) is 1. The fraction of sp³-hybridized carbons (Fsp3) is 0.292. The van der Waals surface area contributed by atoms with E-state index in [2.05, 4.69) is 18.3 Å². The van der Waals surface area contributed by atoms with Gasteiger partial charge in [-0.25, -0.2) is 4.98 Å². The smallest absolute Gasteiger partial charge is 0.225 e. The molecule has 1 N–H and O–H groups in total. The number of anilines is 1. The van der Waals surface area contributed by atoms with Gasteiger partial charge in [0.05, 0.1) is 5.56 Å². The summed E-state index contributed by atoms with van der Waals surface area (Å²) in [7, 11) is 0. The van der Waals surface area contributed by atoms with Crippen molar-refractivity contribution < 1.29 is 4.79 Å². The van der Waals surface area contributed by atoms with Crippen LogP contribution in [0.4, 0.5) is 5.69 Å². The van der Waals surface area contributed by atoms with Crippen LogP contribution in [-0.2, 0) is 17.6 Å². The summed E-state index contributed by atoms with van der Waals surface area (Å²) in [5.74, 6) is 1.21. The topological polar surface area (TPSA) is 65.8 Å². The van der Waals surface area contributed by atoms with E-state index in [0.717, 1.165) is 46.4 Å². The van der Waals surface area contributed by atoms with E-state index in [0.29, 0.717) is 23.7 Å². The van der Waals surface area contributed by atoms with Crippen molar-refractivity contribution in [1.29, 1.82) is 5.26 Å². The van der Waals surface area contributed by atoms with Crippen LogP contribution in [0, 0.1) is 17.2 Å². The maximum atomic E-state index is 12.5. The number of carbonyl (C=O) groups excluding carboxylic acids is 1. The molecule has 0 radical (unpaired) electrons. The maximum absolute atomic E-state index is 12.5. The first kappa shape index (κ1) is 19.5. The van der Waals surface area contributed by atoms with Gasteiger partial charge in [0, 0.05) is 28.9 Å². The van der Waals surface area contributed by atoms with Gasteiger partial charge in [-0.15, -0.1) is 11.8 Å². The van der Waals surface area contributed by atoms with Crippen LogP contribution in [0.15, 0.2) is 53.6 Å². The highest BCUT2D eigenvalue weighted by molar-refractivity contribution is 7.99. The van der Waals surface area contributed by atoms with Crippen LogP contribution in [0.1, 0.15) is 36.6 Å². The van der Waals surface area contributed by atoms with E-state index < -0.39 is 0 Å². The first-order valence-corrected chi connectivity index (χ1v) is 11.0. The number of carbonyl (C=O) groups is 1. The Hall–Kier alpha value is -2.84. The van der Waals surface area contributed by atoms with Gasteiger partial charge >= 0.3 is 0 Å². The molecule has 0 saturated heterocycles. The SMILES string of the molecule is CC1CCc2nc(SCCC(=O)Nc3cccc4ccccc34)c(C#N)cc2C1. The van der Waals surface area contributed by atoms with Crippen molar-refractivity contribution in [3.63, 3.8) is 0 Å². The molecule has 1 unspecified atom stereocenters. The van der Waals surface area contributed by atoms with Gasteiger partial charge in [-0.2, -0.15) is 5.26 Å². The predicted octanol–water partition coefficient (Wildman–Crippen LogP) is 5.35. The van der Waals surface area contributed by atoms with Gasteiger partial charge in [0.1, 0.15) is 11.1 Å². The molecule has 1 amide bonds. The minimum absolute atomic E-state index is 0.0286. The highest BCUT2D eigenvalue weighted by atomic mass is 32.2. The van der Waals surface area contributed by atoms with Gasteiger partial charge in [-0.3, -0.25) is 4.79 Å². The summed E-state index contributed by atoms with van der Waals surface area (Å²) >= 11 is 1.49. The monoisotopic (exact) mass is 401 g/mol. The third-order valence-corrected chi connectivity index (χ3v) is 6.34. The third-order valence-electron chi connectivity index (χ3n) is 5.35. The molecule has 0 saturated carbocycles. The van der Waals surface area contributed by atoms with Crippen molar-refractivity contribution in [2.24, 2.45) is 5.92 Å². The lowest BCUT2D eigenvalue weighted by Crippen LogP contribution is -2.14. The highest BCUT2D eigenvalue weighted by Gasteiger charge is 2.19. The molecule has 0 aliphatic heterocycles. The number of amides is 1. The van der Waals surface area contributed by atoms with Gasteiger partial charge in [-0.05, 0) is 48.3 Å². The lowest BCUT2D eigenvalue weighted by molar-refractivity contribution is -0.115. The number of pyridine rings is 1. The number of aryl methyl sites for hydroxylation is 1. The minimum atomic E-state index is -0.0286. The number of benzene rings is 2. The number of thioether (sulfide) groups is 1. The molecule has 0 spiro atoms. The molecule has 0 fully saturated rings. The Bertz CT molecular complexity index is 1100. The molecule has 0 bridgehead atoms. The van der Waals surface area contributed by atoms with Crippen molar-refractivity contribution in [2.75, 3.05) is 11.1 Å². The van der Waals surface area contributed by atoms with Crippen molar-refractivity contribution in [2.45, 2.75) is 37.6 Å². The summed E-state index contributed by atoms with van der Waals surface area (Å²) in [6.45, 7) is 2.24. The molecule has 2 aromatic carbocycles. The molecule has 1 aromatic heterocycles. The maximum Gasteiger partial charge on any atom is 0.225 e. The molecular weight excluding hydrogens is 378 g/mol. The van der Waals surface area contributed by atoms with Crippen LogP contribution in [0.2, 0.25) is 0 Å². The summed E-state index contributed by atoms with van der Waals surface area (Å²) in [4.78, 5) is 17.2. The van der Waals surface area contributed by atoms with E-state index >= 15 is 0 Å². The van der Waals surface area contributed by atoms with Crippen molar-refractivity contribution in [3.05, 3.63) is 65.4 Å². The highest BCUT2D eigenvalue weighted by Crippen LogP contribution is 2.30. The zero-order valence-electron chi connectivity index (χ0n) is 16.4. The first-order chi connectivity index (χ1) is 14.1. The second-order valence-corrected chi connectivity index (χ2v) is 8.66. The number of hydrogen-bond acceptors (Lipinski definition) is 4. The van der Waals surface area contributed by atoms with Crippen LogP contribution in [0.25, 0.3) is 10.8 Å². The molecule has 5 heteroatoms. The molecule has 4 rings (SSSR count). The predicted molar refractivity (Wildman–Crippen MR) is 118 cm³/mol. The zero-order chi connectivity index (χ0) is 20.2. The summed E-state index contributed by atoms with van der Waals surface area (Å²) in [6, 6.07) is 18.2. The number of nitrogens with one attached hydrogen (secondary N) is 1. The average molecular weight is 402 g/mol. The number of nitriles is 1. The number of fused-ring (bicyclic) bond motifs is 2. The Morgan fingerprint density at radius 3 is 2.97 bits per heavy atom. The van der Waals surface area contributed by atoms with E-state index in [1.165, 1.54) is 17.3 Å². The van der Waals surface area contributed by atoms with Crippen molar-refractivity contribution in [1.82, 2.24) is 4.98 Å². The van der Waals surface area contributed by atoms with Crippen molar-refractivity contribution in [3.8, 4) is 6.07 Å². The fourth-order valence-electron chi connectivity index (χ4n) is 3.81. The van der Waals surface area contributed by atoms with E-state index in [-0.39, 0.29) is 5.91 Å². The molecule has 146 valence electrons. The van der Waals surface area contributed by atoms with Crippen molar-refractivity contribution >= 4 is 34.1 Å². The van der Waals surface area contributed by atoms with Gasteiger partial charge in [0.25, 0.3) is 0 Å². The van der Waals surface area contributed by atoms with Crippen LogP contribution >= 0.6 is 11.8 Å². The number of nitrogens with zero attached hydrogens (tertiary/aromatic N) is 2. The average Bonchev–Trinajstić information content (AvgIpc) is 2.73. The Balaban J connectivity index is 1.40. The summed E-state index contributed by atoms with van der Waals surface area (Å²) in [5, 5.41) is 15.4. The van der Waals surface area contributed by atoms with Gasteiger partial charge in [-0.1, -0.05) is 43.3 Å². The van der Waals surface area contributed by atoms with Gasteiger partial charge in [0.2, 0.25) is 5.91 Å². The van der Waals surface area contributed by atoms with Gasteiger partial charge < -0.3 is 5.32 Å². The minimum Gasteiger partial charge on any atom is -0.325 e. The second-order valence-electron chi connectivity index (χ2n) is 7.58. The molecule has 1 aliphatic carbocycles. The Morgan fingerprint density at radius 2 is 2.10 bits per heavy atom. The van der Waals surface area contributed by atoms with E-state index in [1.54, 1.807) is 0 Å². The number of rotatable bonds is 5. The molecule has 4 nitrogen and oxygen atoms in total. The Kier molecular flexibility index (Phi) is 5.82. The summed E-state index contributed by atoms with van der Waals surface area (Å²) in [6.07, 6.45) is 3.48. The quantitative estimate of drug-likeness (QED) is 0.585. The van der Waals surface area contributed by atoms with Gasteiger partial charge in [0.15, 0.2) is 0 Å². The van der Waals surface area contributed by atoms with E-state index in [9.17, 15) is 10.1 Å². The first-order valence-electron chi connectivity index (χ1n) is 9.97. The molecule has 3 aromatic rings. The summed E-state index contributed by atoms with van der Waals surface area (Å²) in [5.41, 5.74) is 3.78. The normalized spacial score (nSPS) is 15.5. The van der Waals surface area contributed by atoms with Crippen LogP contribution in [0.3, 0.4) is 0 Å². The molecule has 1 atom stereocenters. The molecule has 1 aliphatic rings. The molecule has 1 heterocycles. The third kappa shape index (κ3) is 4.44. The Morgan fingerprint density at radius 1 is 1.28 bits per heavy atom. The lowest BCUT2D eigenvalue weighted by Gasteiger charge is -2.21. The van der Waals surface area contributed by atoms with E-state index in [4.69, 9.17) is 4.98 Å². The second kappa shape index (κ2) is 8.67. The zero-order valence-corrected chi connectivity index (χ0v) is 17.3. The van der Waals surface area contributed by atoms with Crippen LogP contribution < -0.4 is 5.32 Å².